The zero-order valence-electron chi connectivity index (χ0n) is 14.7. The predicted molar refractivity (Wildman–Crippen MR) is 90.0 cm³/mol. The third-order valence-electron chi connectivity index (χ3n) is 5.11. The third kappa shape index (κ3) is 4.02. The van der Waals surface area contributed by atoms with Gasteiger partial charge in [-0.25, -0.2) is 0 Å². The minimum atomic E-state index is -4.42. The number of benzene rings is 1. The molecule has 26 heavy (non-hydrogen) atoms. The van der Waals surface area contributed by atoms with Crippen molar-refractivity contribution in [3.05, 3.63) is 35.4 Å². The summed E-state index contributed by atoms with van der Waals surface area (Å²) in [7, 11) is 0. The van der Waals surface area contributed by atoms with E-state index in [1.807, 2.05) is 6.92 Å². The van der Waals surface area contributed by atoms with Crippen molar-refractivity contribution in [3.63, 3.8) is 0 Å². The molecular weight excluding hydrogens is 345 g/mol. The number of carbonyl (C=O) groups is 2. The van der Waals surface area contributed by atoms with E-state index >= 15 is 0 Å². The van der Waals surface area contributed by atoms with Gasteiger partial charge in [-0.2, -0.15) is 13.2 Å². The van der Waals surface area contributed by atoms with Gasteiger partial charge in [0.15, 0.2) is 0 Å². The number of nitrogens with one attached hydrogen (secondary N) is 1. The fourth-order valence-corrected chi connectivity index (χ4v) is 3.58. The molecule has 1 aromatic rings. The van der Waals surface area contributed by atoms with E-state index in [0.29, 0.717) is 24.9 Å². The summed E-state index contributed by atoms with van der Waals surface area (Å²) in [5.74, 6) is -0.485. The molecule has 1 aliphatic carbocycles. The first-order chi connectivity index (χ1) is 12.3. The Balaban J connectivity index is 1.85. The number of likely N-dealkylation sites (tertiary alicyclic amines) is 1. The van der Waals surface area contributed by atoms with Crippen LogP contribution in [-0.2, 0) is 15.8 Å². The molecule has 0 radical (unpaired) electrons. The Bertz CT molecular complexity index is 686. The van der Waals surface area contributed by atoms with Crippen molar-refractivity contribution in [3.8, 4) is 0 Å². The van der Waals surface area contributed by atoms with Crippen LogP contribution in [0.25, 0.3) is 0 Å². The Morgan fingerprint density at radius 1 is 1.15 bits per heavy atom. The highest BCUT2D eigenvalue weighted by Crippen LogP contribution is 2.40. The number of nitrogens with zero attached hydrogens (tertiary/aromatic N) is 1. The molecule has 2 fully saturated rings. The summed E-state index contributed by atoms with van der Waals surface area (Å²) in [4.78, 5) is 26.5. The summed E-state index contributed by atoms with van der Waals surface area (Å²) < 4.78 is 39.1. The van der Waals surface area contributed by atoms with Crippen molar-refractivity contribution in [2.45, 2.75) is 44.8 Å². The Morgan fingerprint density at radius 2 is 1.85 bits per heavy atom. The molecule has 0 bridgehead atoms. The lowest BCUT2D eigenvalue weighted by atomic mass is 9.87. The molecule has 1 aromatic carbocycles. The lowest BCUT2D eigenvalue weighted by molar-refractivity contribution is -0.140. The van der Waals surface area contributed by atoms with E-state index in [4.69, 9.17) is 0 Å². The molecule has 0 unspecified atom stereocenters. The summed E-state index contributed by atoms with van der Waals surface area (Å²) in [5.41, 5.74) is -0.220. The van der Waals surface area contributed by atoms with E-state index in [1.54, 1.807) is 11.0 Å². The zero-order chi connectivity index (χ0) is 18.9. The minimum absolute atomic E-state index is 0.0404. The highest BCUT2D eigenvalue weighted by molar-refractivity contribution is 5.84. The van der Waals surface area contributed by atoms with Crippen LogP contribution in [0.5, 0.6) is 0 Å². The monoisotopic (exact) mass is 368 g/mol. The van der Waals surface area contributed by atoms with Gasteiger partial charge in [-0.3, -0.25) is 9.59 Å². The van der Waals surface area contributed by atoms with Crippen LogP contribution in [-0.4, -0.2) is 29.8 Å². The molecule has 1 saturated heterocycles. The van der Waals surface area contributed by atoms with Gasteiger partial charge in [0.25, 0.3) is 0 Å². The average Bonchev–Trinajstić information content (AvgIpc) is 3.45. The largest absolute Gasteiger partial charge is 0.416 e. The lowest BCUT2D eigenvalue weighted by Crippen LogP contribution is -2.47. The average molecular weight is 368 g/mol. The maximum atomic E-state index is 13.0. The molecule has 142 valence electrons. The summed E-state index contributed by atoms with van der Waals surface area (Å²) >= 11 is 0. The van der Waals surface area contributed by atoms with E-state index in [1.165, 1.54) is 6.07 Å². The summed E-state index contributed by atoms with van der Waals surface area (Å²) in [6.07, 6.45) is -1.74. The molecule has 1 N–H and O–H groups in total. The van der Waals surface area contributed by atoms with Gasteiger partial charge in [-0.15, -0.1) is 0 Å². The maximum Gasteiger partial charge on any atom is 0.416 e. The Hall–Kier alpha value is -2.05. The van der Waals surface area contributed by atoms with Crippen LogP contribution < -0.4 is 5.32 Å². The van der Waals surface area contributed by atoms with Gasteiger partial charge < -0.3 is 10.2 Å². The molecule has 4 nitrogen and oxygen atoms in total. The van der Waals surface area contributed by atoms with Gasteiger partial charge in [0.05, 0.1) is 17.5 Å². The van der Waals surface area contributed by atoms with Crippen molar-refractivity contribution in [1.29, 1.82) is 0 Å². The fourth-order valence-electron chi connectivity index (χ4n) is 3.58. The number of rotatable bonds is 4. The first kappa shape index (κ1) is 18.7. The van der Waals surface area contributed by atoms with Crippen LogP contribution in [0, 0.1) is 11.8 Å². The van der Waals surface area contributed by atoms with Crippen LogP contribution in [0.3, 0.4) is 0 Å². The predicted octanol–water partition coefficient (Wildman–Crippen LogP) is 3.53. The number of halogens is 3. The Labute approximate surface area is 150 Å². The quantitative estimate of drug-likeness (QED) is 0.884. The number of alkyl halides is 3. The van der Waals surface area contributed by atoms with E-state index in [0.717, 1.165) is 25.0 Å². The van der Waals surface area contributed by atoms with Crippen molar-refractivity contribution >= 4 is 11.8 Å². The molecule has 3 rings (SSSR count). The Kier molecular flexibility index (Phi) is 5.25. The van der Waals surface area contributed by atoms with E-state index in [-0.39, 0.29) is 30.2 Å². The van der Waals surface area contributed by atoms with Crippen LogP contribution >= 0.6 is 0 Å². The molecule has 2 aliphatic rings. The number of carbonyl (C=O) groups excluding carboxylic acids is 2. The van der Waals surface area contributed by atoms with Gasteiger partial charge >= 0.3 is 6.18 Å². The number of hydrogen-bond donors (Lipinski definition) is 1. The number of amides is 2. The molecule has 1 aliphatic heterocycles. The van der Waals surface area contributed by atoms with Crippen LogP contribution in [0.2, 0.25) is 0 Å². The lowest BCUT2D eigenvalue weighted by Gasteiger charge is -2.40. The Morgan fingerprint density at radius 3 is 2.46 bits per heavy atom. The van der Waals surface area contributed by atoms with Gasteiger partial charge in [0.2, 0.25) is 11.8 Å². The third-order valence-corrected chi connectivity index (χ3v) is 5.11. The summed E-state index contributed by atoms with van der Waals surface area (Å²) in [5, 5.41) is 2.78. The smallest absolute Gasteiger partial charge is 0.356 e. The van der Waals surface area contributed by atoms with Gasteiger partial charge in [-0.05, 0) is 50.3 Å². The second kappa shape index (κ2) is 7.29. The van der Waals surface area contributed by atoms with Gasteiger partial charge in [-0.1, -0.05) is 12.1 Å². The van der Waals surface area contributed by atoms with E-state index in [9.17, 15) is 22.8 Å². The first-order valence-electron chi connectivity index (χ1n) is 9.06. The van der Waals surface area contributed by atoms with E-state index in [2.05, 4.69) is 5.32 Å². The zero-order valence-corrected chi connectivity index (χ0v) is 14.7. The molecule has 1 heterocycles. The molecule has 0 aromatic heterocycles. The number of piperidine rings is 1. The molecule has 7 heteroatoms. The highest BCUT2D eigenvalue weighted by Gasteiger charge is 2.41. The van der Waals surface area contributed by atoms with Gasteiger partial charge in [0.1, 0.15) is 0 Å². The van der Waals surface area contributed by atoms with Crippen molar-refractivity contribution in [2.75, 3.05) is 13.1 Å². The minimum Gasteiger partial charge on any atom is -0.356 e. The maximum absolute atomic E-state index is 13.0. The topological polar surface area (TPSA) is 49.4 Å². The molecule has 2 amide bonds. The second-order valence-corrected chi connectivity index (χ2v) is 7.07. The van der Waals surface area contributed by atoms with Crippen LogP contribution in [0.4, 0.5) is 13.2 Å². The highest BCUT2D eigenvalue weighted by atomic mass is 19.4. The van der Waals surface area contributed by atoms with Crippen molar-refractivity contribution in [2.24, 2.45) is 11.8 Å². The van der Waals surface area contributed by atoms with Crippen molar-refractivity contribution < 1.29 is 22.8 Å². The molecular formula is C19H23F3N2O2. The first-order valence-corrected chi connectivity index (χ1v) is 9.06. The molecule has 2 atom stereocenters. The molecule has 1 saturated carbocycles. The standard InChI is InChI=1S/C19H23F3N2O2/c1-2-23-17(25)14-8-9-16(24(11-14)18(26)12-6-7-12)13-4-3-5-15(10-13)19(20,21)22/h3-5,10,12,14,16H,2,6-9,11H2,1H3,(H,23,25)/t14-,16+/m1/s1. The normalized spacial score (nSPS) is 23.6. The summed E-state index contributed by atoms with van der Waals surface area (Å²) in [6, 6.07) is 4.78. The van der Waals surface area contributed by atoms with Crippen molar-refractivity contribution in [1.82, 2.24) is 10.2 Å². The van der Waals surface area contributed by atoms with Gasteiger partial charge in [0, 0.05) is 19.0 Å². The summed E-state index contributed by atoms with van der Waals surface area (Å²) in [6.45, 7) is 2.62. The number of hydrogen-bond acceptors (Lipinski definition) is 2. The SMILES string of the molecule is CCNC(=O)[C@@H]1CC[C@@H](c2cccc(C(F)(F)F)c2)N(C(=O)C2CC2)C1. The van der Waals surface area contributed by atoms with Crippen LogP contribution in [0.15, 0.2) is 24.3 Å². The fraction of sp³-hybridized carbons (Fsp3) is 0.579. The van der Waals surface area contributed by atoms with E-state index < -0.39 is 17.8 Å². The van der Waals surface area contributed by atoms with Crippen LogP contribution in [0.1, 0.15) is 49.8 Å². The molecule has 0 spiro atoms. The second-order valence-electron chi connectivity index (χ2n) is 7.07.